The van der Waals surface area contributed by atoms with Crippen LogP contribution in [0.1, 0.15) is 53.5 Å². The van der Waals surface area contributed by atoms with Gasteiger partial charge in [-0.05, 0) is 50.3 Å². The molecule has 3 rings (SSSR count). The molecule has 30 heavy (non-hydrogen) atoms. The van der Waals surface area contributed by atoms with Crippen LogP contribution in [0.15, 0.2) is 18.2 Å². The number of rotatable bonds is 5. The lowest BCUT2D eigenvalue weighted by atomic mass is 9.82. The molecular weight excluding hydrogens is 386 g/mol. The summed E-state index contributed by atoms with van der Waals surface area (Å²) in [4.78, 5) is 39.2. The van der Waals surface area contributed by atoms with Crippen LogP contribution in [-0.4, -0.2) is 48.0 Å². The predicted octanol–water partition coefficient (Wildman–Crippen LogP) is 2.56. The number of imide groups is 1. The molecule has 1 saturated heterocycles. The summed E-state index contributed by atoms with van der Waals surface area (Å²) in [7, 11) is 0. The third-order valence-corrected chi connectivity index (χ3v) is 5.15. The van der Waals surface area contributed by atoms with Crippen molar-refractivity contribution in [3.05, 3.63) is 23.8 Å². The summed E-state index contributed by atoms with van der Waals surface area (Å²) >= 11 is 0. The fourth-order valence-electron chi connectivity index (χ4n) is 4.32. The molecule has 2 aliphatic heterocycles. The third kappa shape index (κ3) is 4.52. The van der Waals surface area contributed by atoms with E-state index in [0.717, 1.165) is 11.3 Å². The first kappa shape index (κ1) is 21.9. The molecule has 8 nitrogen and oxygen atoms in total. The van der Waals surface area contributed by atoms with E-state index in [1.807, 2.05) is 13.8 Å². The van der Waals surface area contributed by atoms with Gasteiger partial charge in [-0.1, -0.05) is 26.8 Å². The van der Waals surface area contributed by atoms with Gasteiger partial charge in [0.1, 0.15) is 25.3 Å². The first-order valence-corrected chi connectivity index (χ1v) is 10.2. The van der Waals surface area contributed by atoms with Crippen LogP contribution < -0.4 is 20.1 Å². The van der Waals surface area contributed by atoms with Crippen molar-refractivity contribution in [2.75, 3.05) is 19.8 Å². The molecule has 0 unspecified atom stereocenters. The lowest BCUT2D eigenvalue weighted by Crippen LogP contribution is -2.50. The highest BCUT2D eigenvalue weighted by Gasteiger charge is 2.50. The van der Waals surface area contributed by atoms with Crippen molar-refractivity contribution < 1.29 is 23.9 Å². The molecule has 1 atom stereocenters. The van der Waals surface area contributed by atoms with Gasteiger partial charge in [0.15, 0.2) is 11.5 Å². The van der Waals surface area contributed by atoms with E-state index >= 15 is 0 Å². The fraction of sp³-hybridized carbons (Fsp3) is 0.591. The standard InChI is InChI=1S/C22H31N3O5/c1-20(2,3)13-21(4,5)23-17(26)12-25-18(27)22(6,24-19(25)28)14-7-8-15-16(11-14)30-10-9-29-15/h7-8,11H,9-10,12-13H2,1-6H3,(H,23,26)(H,24,28)/t22-/m1/s1. The molecule has 2 N–H and O–H groups in total. The number of nitrogens with one attached hydrogen (secondary N) is 2. The van der Waals surface area contributed by atoms with Crippen LogP contribution in [0.5, 0.6) is 11.5 Å². The van der Waals surface area contributed by atoms with Gasteiger partial charge in [0.05, 0.1) is 0 Å². The second-order valence-corrected chi connectivity index (χ2v) is 9.97. The van der Waals surface area contributed by atoms with E-state index in [4.69, 9.17) is 9.47 Å². The Kier molecular flexibility index (Phi) is 5.47. The number of benzene rings is 1. The number of hydrogen-bond acceptors (Lipinski definition) is 5. The number of urea groups is 1. The fourth-order valence-corrected chi connectivity index (χ4v) is 4.32. The van der Waals surface area contributed by atoms with Gasteiger partial charge in [0, 0.05) is 5.54 Å². The Bertz CT molecular complexity index is 874. The maximum absolute atomic E-state index is 13.1. The van der Waals surface area contributed by atoms with E-state index in [0.29, 0.717) is 30.3 Å². The van der Waals surface area contributed by atoms with Crippen LogP contribution in [0.4, 0.5) is 4.79 Å². The number of carbonyl (C=O) groups is 3. The number of carbonyl (C=O) groups excluding carboxylic acids is 3. The molecular formula is C22H31N3O5. The molecule has 8 heteroatoms. The lowest BCUT2D eigenvalue weighted by Gasteiger charge is -2.33. The molecule has 0 aliphatic carbocycles. The normalized spacial score (nSPS) is 21.5. The average molecular weight is 418 g/mol. The second kappa shape index (κ2) is 7.49. The summed E-state index contributed by atoms with van der Waals surface area (Å²) in [6.07, 6.45) is 0.751. The van der Waals surface area contributed by atoms with Gasteiger partial charge in [-0.15, -0.1) is 0 Å². The van der Waals surface area contributed by atoms with E-state index in [2.05, 4.69) is 31.4 Å². The number of ether oxygens (including phenoxy) is 2. The highest BCUT2D eigenvalue weighted by Crippen LogP contribution is 2.36. The Morgan fingerprint density at radius 2 is 1.77 bits per heavy atom. The summed E-state index contributed by atoms with van der Waals surface area (Å²) in [5, 5.41) is 5.66. The van der Waals surface area contributed by atoms with Crippen LogP contribution in [-0.2, 0) is 15.1 Å². The Morgan fingerprint density at radius 3 is 2.40 bits per heavy atom. The minimum absolute atomic E-state index is 0.0222. The summed E-state index contributed by atoms with van der Waals surface area (Å²) in [6, 6.07) is 4.55. The van der Waals surface area contributed by atoms with Gasteiger partial charge < -0.3 is 20.1 Å². The zero-order valence-corrected chi connectivity index (χ0v) is 18.5. The molecule has 0 saturated carbocycles. The molecule has 1 fully saturated rings. The highest BCUT2D eigenvalue weighted by molar-refractivity contribution is 6.09. The maximum atomic E-state index is 13.1. The number of amides is 4. The summed E-state index contributed by atoms with van der Waals surface area (Å²) in [6.45, 7) is 12.3. The molecule has 1 aromatic rings. The first-order valence-electron chi connectivity index (χ1n) is 10.2. The Labute approximate surface area is 177 Å². The third-order valence-electron chi connectivity index (χ3n) is 5.15. The largest absolute Gasteiger partial charge is 0.486 e. The van der Waals surface area contributed by atoms with E-state index in [9.17, 15) is 14.4 Å². The number of fused-ring (bicyclic) bond motifs is 1. The van der Waals surface area contributed by atoms with Crippen molar-refractivity contribution in [1.29, 1.82) is 0 Å². The van der Waals surface area contributed by atoms with Crippen molar-refractivity contribution in [2.24, 2.45) is 5.41 Å². The molecule has 0 aromatic heterocycles. The molecule has 4 amide bonds. The monoisotopic (exact) mass is 417 g/mol. The van der Waals surface area contributed by atoms with Crippen molar-refractivity contribution >= 4 is 17.8 Å². The van der Waals surface area contributed by atoms with E-state index in [-0.39, 0.29) is 17.9 Å². The quantitative estimate of drug-likeness (QED) is 0.718. The molecule has 164 valence electrons. The highest BCUT2D eigenvalue weighted by atomic mass is 16.6. The van der Waals surface area contributed by atoms with E-state index in [1.54, 1.807) is 25.1 Å². The van der Waals surface area contributed by atoms with Crippen LogP contribution in [0.3, 0.4) is 0 Å². The molecule has 0 bridgehead atoms. The molecule has 0 spiro atoms. The van der Waals surface area contributed by atoms with Gasteiger partial charge in [-0.2, -0.15) is 0 Å². The van der Waals surface area contributed by atoms with Crippen molar-refractivity contribution in [3.8, 4) is 11.5 Å². The van der Waals surface area contributed by atoms with Crippen LogP contribution in [0.2, 0.25) is 0 Å². The van der Waals surface area contributed by atoms with Crippen LogP contribution >= 0.6 is 0 Å². The van der Waals surface area contributed by atoms with E-state index in [1.165, 1.54) is 0 Å². The van der Waals surface area contributed by atoms with Crippen LogP contribution in [0, 0.1) is 5.41 Å². The van der Waals surface area contributed by atoms with Crippen LogP contribution in [0.25, 0.3) is 0 Å². The summed E-state index contributed by atoms with van der Waals surface area (Å²) in [5.74, 6) is 0.275. The summed E-state index contributed by atoms with van der Waals surface area (Å²) < 4.78 is 11.1. The predicted molar refractivity (Wildman–Crippen MR) is 111 cm³/mol. The van der Waals surface area contributed by atoms with Gasteiger partial charge in [-0.25, -0.2) is 4.79 Å². The zero-order valence-electron chi connectivity index (χ0n) is 18.5. The first-order chi connectivity index (χ1) is 13.8. The lowest BCUT2D eigenvalue weighted by molar-refractivity contribution is -0.135. The molecule has 1 aromatic carbocycles. The Balaban J connectivity index is 1.73. The van der Waals surface area contributed by atoms with Gasteiger partial charge >= 0.3 is 6.03 Å². The number of hydrogen-bond donors (Lipinski definition) is 2. The smallest absolute Gasteiger partial charge is 0.325 e. The van der Waals surface area contributed by atoms with Gasteiger partial charge in [-0.3, -0.25) is 14.5 Å². The second-order valence-electron chi connectivity index (χ2n) is 9.97. The van der Waals surface area contributed by atoms with Gasteiger partial charge in [0.2, 0.25) is 5.91 Å². The number of nitrogens with zero attached hydrogens (tertiary/aromatic N) is 1. The SMILES string of the molecule is CC(C)(C)CC(C)(C)NC(=O)CN1C(=O)N[C@](C)(c2ccc3c(c2)OCCO3)C1=O. The average Bonchev–Trinajstić information content (AvgIpc) is 2.83. The Hall–Kier alpha value is -2.77. The van der Waals surface area contributed by atoms with Gasteiger partial charge in [0.25, 0.3) is 5.91 Å². The van der Waals surface area contributed by atoms with Crippen molar-refractivity contribution in [1.82, 2.24) is 15.5 Å². The Morgan fingerprint density at radius 1 is 1.13 bits per heavy atom. The summed E-state index contributed by atoms with van der Waals surface area (Å²) in [5.41, 5.74) is -1.16. The molecule has 2 heterocycles. The van der Waals surface area contributed by atoms with Crippen molar-refractivity contribution in [2.45, 2.75) is 59.0 Å². The zero-order chi connectivity index (χ0) is 22.3. The minimum atomic E-state index is -1.28. The topological polar surface area (TPSA) is 97.0 Å². The van der Waals surface area contributed by atoms with Crippen molar-refractivity contribution in [3.63, 3.8) is 0 Å². The molecule has 2 aliphatic rings. The minimum Gasteiger partial charge on any atom is -0.486 e. The molecule has 0 radical (unpaired) electrons. The van der Waals surface area contributed by atoms with E-state index < -0.39 is 23.0 Å². The maximum Gasteiger partial charge on any atom is 0.325 e.